The molecule has 20 heavy (non-hydrogen) atoms. The third-order valence-electron chi connectivity index (χ3n) is 3.02. The van der Waals surface area contributed by atoms with E-state index in [2.05, 4.69) is 11.2 Å². The van der Waals surface area contributed by atoms with E-state index in [1.54, 1.807) is 14.0 Å². The minimum atomic E-state index is -0.661. The van der Waals surface area contributed by atoms with Crippen LogP contribution in [0.5, 0.6) is 5.75 Å². The van der Waals surface area contributed by atoms with Gasteiger partial charge in [-0.2, -0.15) is 0 Å². The van der Waals surface area contributed by atoms with Gasteiger partial charge in [-0.1, -0.05) is 5.92 Å². The van der Waals surface area contributed by atoms with E-state index >= 15 is 0 Å². The summed E-state index contributed by atoms with van der Waals surface area (Å²) in [7, 11) is 1.60. The Balaban J connectivity index is 2.94. The lowest BCUT2D eigenvalue weighted by Crippen LogP contribution is -2.43. The lowest BCUT2D eigenvalue weighted by molar-refractivity contribution is -0.145. The van der Waals surface area contributed by atoms with E-state index < -0.39 is 11.5 Å². The molecule has 1 rings (SSSR count). The minimum Gasteiger partial charge on any atom is -0.497 e. The Kier molecular flexibility index (Phi) is 5.45. The average Bonchev–Trinajstić information content (AvgIpc) is 2.45. The highest BCUT2D eigenvalue weighted by Crippen LogP contribution is 2.25. The number of carbonyl (C=O) groups excluding carboxylic acids is 1. The molecule has 0 saturated heterocycles. The van der Waals surface area contributed by atoms with Gasteiger partial charge in [-0.15, -0.1) is 6.42 Å². The summed E-state index contributed by atoms with van der Waals surface area (Å²) in [5.41, 5.74) is 0.124. The van der Waals surface area contributed by atoms with Gasteiger partial charge in [0.05, 0.1) is 19.1 Å². The first-order valence-corrected chi connectivity index (χ1v) is 6.49. The van der Waals surface area contributed by atoms with Crippen molar-refractivity contribution in [3.63, 3.8) is 0 Å². The number of benzene rings is 1. The van der Waals surface area contributed by atoms with Crippen LogP contribution in [-0.2, 0) is 9.53 Å². The molecule has 0 heterocycles. The fourth-order valence-electron chi connectivity index (χ4n) is 1.70. The number of ether oxygens (including phenoxy) is 2. The maximum atomic E-state index is 12.1. The molecule has 0 aliphatic heterocycles. The number of terminal acetylenes is 1. The molecule has 108 valence electrons. The van der Waals surface area contributed by atoms with Gasteiger partial charge in [0, 0.05) is 5.69 Å². The first-order valence-electron chi connectivity index (χ1n) is 6.49. The predicted octanol–water partition coefficient (Wildman–Crippen LogP) is 2.70. The van der Waals surface area contributed by atoms with Gasteiger partial charge < -0.3 is 14.8 Å². The molecule has 4 nitrogen and oxygen atoms in total. The van der Waals surface area contributed by atoms with Gasteiger partial charge in [0.25, 0.3) is 0 Å². The number of nitrogens with one attached hydrogen (secondary N) is 1. The van der Waals surface area contributed by atoms with Gasteiger partial charge in [-0.05, 0) is 45.0 Å². The largest absolute Gasteiger partial charge is 0.497 e. The summed E-state index contributed by atoms with van der Waals surface area (Å²) in [6.07, 6.45) is 5.52. The number of hydrogen-bond donors (Lipinski definition) is 1. The zero-order chi connectivity index (χ0) is 15.2. The van der Waals surface area contributed by atoms with Gasteiger partial charge in [0.15, 0.2) is 0 Å². The fourth-order valence-corrected chi connectivity index (χ4v) is 1.70. The number of rotatable bonds is 6. The number of esters is 1. The highest BCUT2D eigenvalue weighted by molar-refractivity contribution is 5.81. The normalized spacial score (nSPS) is 12.2. The highest BCUT2D eigenvalue weighted by atomic mass is 16.5. The predicted molar refractivity (Wildman–Crippen MR) is 79.7 cm³/mol. The summed E-state index contributed by atoms with van der Waals surface area (Å²) >= 11 is 0. The topological polar surface area (TPSA) is 47.6 Å². The molecule has 1 atom stereocenters. The van der Waals surface area contributed by atoms with Crippen LogP contribution in [0.2, 0.25) is 0 Å². The standard InChI is InChI=1S/C16H21NO3/c1-6-16(3,4)14(15(18)20-7-2)17-12-8-10-13(19-5)11-9-12/h1,8-11,14,17H,7H2,2-5H3/t14-/m1/s1. The summed E-state index contributed by atoms with van der Waals surface area (Å²) < 4.78 is 10.2. The van der Waals surface area contributed by atoms with Crippen LogP contribution in [0.15, 0.2) is 24.3 Å². The lowest BCUT2D eigenvalue weighted by Gasteiger charge is -2.29. The molecule has 1 N–H and O–H groups in total. The van der Waals surface area contributed by atoms with Crippen molar-refractivity contribution in [2.45, 2.75) is 26.8 Å². The van der Waals surface area contributed by atoms with Crippen molar-refractivity contribution in [3.8, 4) is 18.1 Å². The molecule has 0 aliphatic carbocycles. The summed E-state index contributed by atoms with van der Waals surface area (Å²) in [5.74, 6) is 3.03. The van der Waals surface area contributed by atoms with Crippen LogP contribution in [0.25, 0.3) is 0 Å². The van der Waals surface area contributed by atoms with Crippen molar-refractivity contribution in [3.05, 3.63) is 24.3 Å². The van der Waals surface area contributed by atoms with Crippen molar-refractivity contribution in [1.29, 1.82) is 0 Å². The lowest BCUT2D eigenvalue weighted by atomic mass is 9.85. The second kappa shape index (κ2) is 6.85. The van der Waals surface area contributed by atoms with Crippen molar-refractivity contribution in [1.82, 2.24) is 0 Å². The summed E-state index contributed by atoms with van der Waals surface area (Å²) in [5, 5.41) is 3.13. The third-order valence-corrected chi connectivity index (χ3v) is 3.02. The van der Waals surface area contributed by atoms with E-state index in [-0.39, 0.29) is 5.97 Å². The smallest absolute Gasteiger partial charge is 0.330 e. The Hall–Kier alpha value is -2.15. The molecule has 0 unspecified atom stereocenters. The van der Waals surface area contributed by atoms with Crippen LogP contribution in [0.3, 0.4) is 0 Å². The quantitative estimate of drug-likeness (QED) is 0.640. The molecule has 0 spiro atoms. The summed E-state index contributed by atoms with van der Waals surface area (Å²) in [4.78, 5) is 12.1. The van der Waals surface area contributed by atoms with Gasteiger partial charge in [0.1, 0.15) is 11.8 Å². The number of methoxy groups -OCH3 is 1. The minimum absolute atomic E-state index is 0.320. The van der Waals surface area contributed by atoms with Crippen LogP contribution in [0.1, 0.15) is 20.8 Å². The van der Waals surface area contributed by atoms with Crippen LogP contribution < -0.4 is 10.1 Å². The van der Waals surface area contributed by atoms with Crippen molar-refractivity contribution < 1.29 is 14.3 Å². The SMILES string of the molecule is C#CC(C)(C)[C@H](Nc1ccc(OC)cc1)C(=O)OCC. The second-order valence-electron chi connectivity index (χ2n) is 4.92. The number of anilines is 1. The molecule has 4 heteroatoms. The van der Waals surface area contributed by atoms with Crippen molar-refractivity contribution in [2.75, 3.05) is 19.0 Å². The van der Waals surface area contributed by atoms with Crippen molar-refractivity contribution in [2.24, 2.45) is 5.41 Å². The van der Waals surface area contributed by atoms with Crippen LogP contribution in [-0.4, -0.2) is 25.7 Å². The molecule has 0 saturated carbocycles. The van der Waals surface area contributed by atoms with Crippen LogP contribution >= 0.6 is 0 Å². The molecule has 0 aliphatic rings. The molecule has 0 fully saturated rings. The van der Waals surface area contributed by atoms with Crippen LogP contribution in [0.4, 0.5) is 5.69 Å². The number of carbonyl (C=O) groups is 1. The zero-order valence-electron chi connectivity index (χ0n) is 12.4. The monoisotopic (exact) mass is 275 g/mol. The second-order valence-corrected chi connectivity index (χ2v) is 4.92. The maximum absolute atomic E-state index is 12.1. The molecular formula is C16H21NO3. The van der Waals surface area contributed by atoms with E-state index in [0.29, 0.717) is 6.61 Å². The third kappa shape index (κ3) is 3.92. The fraction of sp³-hybridized carbons (Fsp3) is 0.438. The first kappa shape index (κ1) is 15.9. The molecule has 0 bridgehead atoms. The van der Waals surface area contributed by atoms with E-state index in [9.17, 15) is 4.79 Å². The highest BCUT2D eigenvalue weighted by Gasteiger charge is 2.35. The molecule has 1 aromatic carbocycles. The average molecular weight is 275 g/mol. The zero-order valence-corrected chi connectivity index (χ0v) is 12.4. The van der Waals surface area contributed by atoms with Gasteiger partial charge in [0.2, 0.25) is 0 Å². The Morgan fingerprint density at radius 3 is 2.45 bits per heavy atom. The molecular weight excluding hydrogens is 254 g/mol. The van der Waals surface area contributed by atoms with Crippen LogP contribution in [0, 0.1) is 17.8 Å². The Morgan fingerprint density at radius 1 is 1.40 bits per heavy atom. The van der Waals surface area contributed by atoms with Gasteiger partial charge in [-0.25, -0.2) is 4.79 Å². The summed E-state index contributed by atoms with van der Waals surface area (Å²) in [6, 6.07) is 6.68. The summed E-state index contributed by atoms with van der Waals surface area (Å²) in [6.45, 7) is 5.74. The van der Waals surface area contributed by atoms with E-state index in [0.717, 1.165) is 11.4 Å². The molecule has 0 aromatic heterocycles. The van der Waals surface area contributed by atoms with Gasteiger partial charge in [-0.3, -0.25) is 0 Å². The Bertz CT molecular complexity index is 485. The van der Waals surface area contributed by atoms with E-state index in [1.807, 2.05) is 38.1 Å². The van der Waals surface area contributed by atoms with Crippen molar-refractivity contribution >= 4 is 11.7 Å². The Labute approximate surface area is 120 Å². The Morgan fingerprint density at radius 2 is 2.00 bits per heavy atom. The van der Waals surface area contributed by atoms with E-state index in [4.69, 9.17) is 15.9 Å². The molecule has 0 amide bonds. The molecule has 0 radical (unpaired) electrons. The first-order chi connectivity index (χ1) is 9.44. The molecule has 1 aromatic rings. The van der Waals surface area contributed by atoms with E-state index in [1.165, 1.54) is 0 Å². The van der Waals surface area contributed by atoms with Gasteiger partial charge >= 0.3 is 5.97 Å². The maximum Gasteiger partial charge on any atom is 0.330 e. The number of hydrogen-bond acceptors (Lipinski definition) is 4.